The first-order valence-electron chi connectivity index (χ1n) is 8.24. The van der Waals surface area contributed by atoms with E-state index in [0.717, 1.165) is 16.9 Å². The lowest BCUT2D eigenvalue weighted by Crippen LogP contribution is -2.35. The van der Waals surface area contributed by atoms with Crippen molar-refractivity contribution in [2.24, 2.45) is 5.92 Å². The second-order valence-electron chi connectivity index (χ2n) is 6.44. The van der Waals surface area contributed by atoms with Gasteiger partial charge in [0.2, 0.25) is 5.95 Å². The lowest BCUT2D eigenvalue weighted by atomic mass is 10.1. The van der Waals surface area contributed by atoms with Crippen LogP contribution in [0.1, 0.15) is 32.4 Å². The van der Waals surface area contributed by atoms with Gasteiger partial charge in [0, 0.05) is 10.7 Å². The van der Waals surface area contributed by atoms with Crippen LogP contribution in [0.25, 0.3) is 0 Å². The van der Waals surface area contributed by atoms with E-state index in [1.54, 1.807) is 6.20 Å². The fraction of sp³-hybridized carbons (Fsp3) is 0.444. The Hall–Kier alpha value is -1.66. The molecule has 0 aliphatic carbocycles. The summed E-state index contributed by atoms with van der Waals surface area (Å²) >= 11 is 3.46. The first kappa shape index (κ1) is 17.2. The molecule has 3 rings (SSSR count). The van der Waals surface area contributed by atoms with Gasteiger partial charge in [-0.3, -0.25) is 0 Å². The maximum absolute atomic E-state index is 5.63. The fourth-order valence-corrected chi connectivity index (χ4v) is 3.12. The van der Waals surface area contributed by atoms with Crippen molar-refractivity contribution in [3.8, 4) is 0 Å². The molecule has 1 fully saturated rings. The number of benzene rings is 1. The Kier molecular flexibility index (Phi) is 5.36. The number of nitrogens with one attached hydrogen (secondary N) is 1. The van der Waals surface area contributed by atoms with Crippen molar-refractivity contribution >= 4 is 27.7 Å². The van der Waals surface area contributed by atoms with Gasteiger partial charge in [-0.2, -0.15) is 4.98 Å². The Morgan fingerprint density at radius 2 is 1.96 bits per heavy atom. The molecule has 1 aliphatic heterocycles. The molecule has 0 bridgehead atoms. The number of aromatic nitrogens is 2. The molecule has 5 nitrogen and oxygen atoms in total. The van der Waals surface area contributed by atoms with Crippen LogP contribution in [0.15, 0.2) is 41.0 Å². The van der Waals surface area contributed by atoms with Crippen molar-refractivity contribution in [1.82, 2.24) is 9.97 Å². The SMILES string of the molecule is CC(C)[C@H]1COCN1c1ccnc(N[C@@H](C)c2ccc(Br)cc2)n1. The average Bonchev–Trinajstić information content (AvgIpc) is 3.05. The molecule has 2 aromatic rings. The molecular weight excluding hydrogens is 368 g/mol. The van der Waals surface area contributed by atoms with E-state index in [9.17, 15) is 0 Å². The topological polar surface area (TPSA) is 50.3 Å². The van der Waals surface area contributed by atoms with Crippen LogP contribution in [0.4, 0.5) is 11.8 Å². The van der Waals surface area contributed by atoms with Crippen LogP contribution in [0.2, 0.25) is 0 Å². The van der Waals surface area contributed by atoms with Crippen LogP contribution in [0.5, 0.6) is 0 Å². The normalized spacial score (nSPS) is 18.9. The summed E-state index contributed by atoms with van der Waals surface area (Å²) in [5.74, 6) is 2.06. The third-order valence-corrected chi connectivity index (χ3v) is 4.87. The molecule has 0 amide bonds. The summed E-state index contributed by atoms with van der Waals surface area (Å²) in [6.07, 6.45) is 1.80. The maximum Gasteiger partial charge on any atom is 0.225 e. The molecule has 2 heterocycles. The molecule has 1 aromatic carbocycles. The van der Waals surface area contributed by atoms with Crippen molar-refractivity contribution in [2.75, 3.05) is 23.6 Å². The van der Waals surface area contributed by atoms with Gasteiger partial charge in [-0.15, -0.1) is 0 Å². The molecule has 128 valence electrons. The van der Waals surface area contributed by atoms with E-state index in [2.05, 4.69) is 69.0 Å². The average molecular weight is 391 g/mol. The molecule has 1 N–H and O–H groups in total. The lowest BCUT2D eigenvalue weighted by molar-refractivity contribution is 0.188. The second kappa shape index (κ2) is 7.49. The van der Waals surface area contributed by atoms with Crippen molar-refractivity contribution in [3.63, 3.8) is 0 Å². The number of hydrogen-bond donors (Lipinski definition) is 1. The highest BCUT2D eigenvalue weighted by atomic mass is 79.9. The molecule has 24 heavy (non-hydrogen) atoms. The standard InChI is InChI=1S/C18H23BrN4O/c1-12(2)16-10-24-11-23(16)17-8-9-20-18(22-17)21-13(3)14-4-6-15(19)7-5-14/h4-9,12-13,16H,10-11H2,1-3H3,(H,20,21,22)/t13-,16+/m0/s1. The zero-order chi connectivity index (χ0) is 17.1. The zero-order valence-electron chi connectivity index (χ0n) is 14.2. The van der Waals surface area contributed by atoms with Crippen LogP contribution in [-0.4, -0.2) is 29.3 Å². The fourth-order valence-electron chi connectivity index (χ4n) is 2.85. The van der Waals surface area contributed by atoms with Crippen LogP contribution in [0, 0.1) is 5.92 Å². The predicted octanol–water partition coefficient (Wildman–Crippen LogP) is 4.23. The van der Waals surface area contributed by atoms with Crippen molar-refractivity contribution in [3.05, 3.63) is 46.6 Å². The van der Waals surface area contributed by atoms with E-state index >= 15 is 0 Å². The van der Waals surface area contributed by atoms with Gasteiger partial charge in [-0.1, -0.05) is 41.9 Å². The van der Waals surface area contributed by atoms with Crippen LogP contribution in [0.3, 0.4) is 0 Å². The van der Waals surface area contributed by atoms with Crippen molar-refractivity contribution in [2.45, 2.75) is 32.9 Å². The Labute approximate surface area is 151 Å². The maximum atomic E-state index is 5.63. The van der Waals surface area contributed by atoms with Crippen LogP contribution in [-0.2, 0) is 4.74 Å². The summed E-state index contributed by atoms with van der Waals surface area (Å²) in [7, 11) is 0. The zero-order valence-corrected chi connectivity index (χ0v) is 15.8. The molecule has 0 spiro atoms. The van der Waals surface area contributed by atoms with Gasteiger partial charge in [0.05, 0.1) is 18.7 Å². The van der Waals surface area contributed by atoms with E-state index in [1.165, 1.54) is 5.56 Å². The summed E-state index contributed by atoms with van der Waals surface area (Å²) < 4.78 is 6.70. The predicted molar refractivity (Wildman–Crippen MR) is 100 cm³/mol. The van der Waals surface area contributed by atoms with Gasteiger partial charge in [-0.05, 0) is 36.6 Å². The molecule has 2 atom stereocenters. The van der Waals surface area contributed by atoms with Crippen LogP contribution < -0.4 is 10.2 Å². The first-order valence-corrected chi connectivity index (χ1v) is 9.03. The molecule has 0 radical (unpaired) electrons. The molecule has 0 unspecified atom stereocenters. The Balaban J connectivity index is 1.74. The molecule has 6 heteroatoms. The van der Waals surface area contributed by atoms with E-state index in [4.69, 9.17) is 4.74 Å². The molecule has 0 saturated carbocycles. The minimum Gasteiger partial charge on any atom is -0.359 e. The number of ether oxygens (including phenoxy) is 1. The molecule has 1 aliphatic rings. The Morgan fingerprint density at radius 3 is 2.67 bits per heavy atom. The largest absolute Gasteiger partial charge is 0.359 e. The number of rotatable bonds is 5. The van der Waals surface area contributed by atoms with Gasteiger partial charge in [0.25, 0.3) is 0 Å². The highest BCUT2D eigenvalue weighted by Gasteiger charge is 2.29. The third-order valence-electron chi connectivity index (χ3n) is 4.34. The Bertz CT molecular complexity index is 677. The quantitative estimate of drug-likeness (QED) is 0.827. The second-order valence-corrected chi connectivity index (χ2v) is 7.35. The van der Waals surface area contributed by atoms with Gasteiger partial charge < -0.3 is 15.0 Å². The summed E-state index contributed by atoms with van der Waals surface area (Å²) in [6.45, 7) is 7.86. The number of halogens is 1. The summed E-state index contributed by atoms with van der Waals surface area (Å²) in [5.41, 5.74) is 1.19. The van der Waals surface area contributed by atoms with E-state index in [0.29, 0.717) is 24.6 Å². The molecular formula is C18H23BrN4O. The molecule has 1 aromatic heterocycles. The lowest BCUT2D eigenvalue weighted by Gasteiger charge is -2.26. The third kappa shape index (κ3) is 3.87. The first-order chi connectivity index (χ1) is 11.5. The highest BCUT2D eigenvalue weighted by molar-refractivity contribution is 9.10. The number of hydrogen-bond acceptors (Lipinski definition) is 5. The van der Waals surface area contributed by atoms with Gasteiger partial charge >= 0.3 is 0 Å². The number of anilines is 2. The molecule has 1 saturated heterocycles. The Morgan fingerprint density at radius 1 is 1.21 bits per heavy atom. The smallest absolute Gasteiger partial charge is 0.225 e. The minimum atomic E-state index is 0.129. The number of nitrogens with zero attached hydrogens (tertiary/aromatic N) is 3. The summed E-state index contributed by atoms with van der Waals surface area (Å²) in [4.78, 5) is 11.3. The van der Waals surface area contributed by atoms with Gasteiger partial charge in [0.1, 0.15) is 12.5 Å². The van der Waals surface area contributed by atoms with E-state index < -0.39 is 0 Å². The highest BCUT2D eigenvalue weighted by Crippen LogP contribution is 2.25. The van der Waals surface area contributed by atoms with E-state index in [-0.39, 0.29) is 6.04 Å². The van der Waals surface area contributed by atoms with E-state index in [1.807, 2.05) is 18.2 Å². The van der Waals surface area contributed by atoms with Crippen molar-refractivity contribution < 1.29 is 4.74 Å². The van der Waals surface area contributed by atoms with Crippen molar-refractivity contribution in [1.29, 1.82) is 0 Å². The van der Waals surface area contributed by atoms with Crippen LogP contribution >= 0.6 is 15.9 Å². The van der Waals surface area contributed by atoms with Gasteiger partial charge in [-0.25, -0.2) is 4.98 Å². The van der Waals surface area contributed by atoms with Gasteiger partial charge in [0.15, 0.2) is 0 Å². The monoisotopic (exact) mass is 390 g/mol. The summed E-state index contributed by atoms with van der Waals surface area (Å²) in [5, 5.41) is 3.38. The minimum absolute atomic E-state index is 0.129. The summed E-state index contributed by atoms with van der Waals surface area (Å²) in [6, 6.07) is 10.7.